The first-order valence-electron chi connectivity index (χ1n) is 4.83. The molecule has 0 fully saturated rings. The normalized spacial score (nSPS) is 10.9. The lowest BCUT2D eigenvalue weighted by Crippen LogP contribution is -2.22. The lowest BCUT2D eigenvalue weighted by atomic mass is 10.0. The smallest absolute Gasteiger partial charge is 0.0406 e. The van der Waals surface area contributed by atoms with Crippen LogP contribution < -0.4 is 5.73 Å². The van der Waals surface area contributed by atoms with Crippen molar-refractivity contribution >= 4 is 36.4 Å². The quantitative estimate of drug-likeness (QED) is 0.811. The molecule has 2 N–H and O–H groups in total. The molecule has 0 heterocycles. The van der Waals surface area contributed by atoms with Crippen LogP contribution in [0.3, 0.4) is 0 Å². The molecule has 16 heavy (non-hydrogen) atoms. The topological polar surface area (TPSA) is 26.0 Å². The van der Waals surface area contributed by atoms with E-state index in [-0.39, 0.29) is 30.9 Å². The van der Waals surface area contributed by atoms with Crippen LogP contribution in [0, 0.1) is 0 Å². The van der Waals surface area contributed by atoms with Crippen LogP contribution in [-0.2, 0) is 6.42 Å². The van der Waals surface area contributed by atoms with Gasteiger partial charge in [0.2, 0.25) is 0 Å². The lowest BCUT2D eigenvalue weighted by Gasteiger charge is -2.09. The second kappa shape index (κ2) is 9.98. The van der Waals surface area contributed by atoms with E-state index >= 15 is 0 Å². The maximum absolute atomic E-state index is 5.95. The Morgan fingerprint density at radius 3 is 2.31 bits per heavy atom. The summed E-state index contributed by atoms with van der Waals surface area (Å²) in [5.74, 6) is 0. The monoisotopic (exact) mass is 281 g/mol. The molecular weight excluding hydrogens is 264 g/mol. The van der Waals surface area contributed by atoms with E-state index in [2.05, 4.69) is 6.58 Å². The molecule has 1 aromatic carbocycles. The van der Waals surface area contributed by atoms with Gasteiger partial charge in [-0.15, -0.1) is 31.4 Å². The second-order valence-electron chi connectivity index (χ2n) is 3.46. The standard InChI is InChI=1S/C12H16ClN.2ClH/c1-2-3-4-12(14)9-10-5-7-11(13)8-6-10;;/h2,5-8,12H,1,3-4,9,14H2;2*1H. The van der Waals surface area contributed by atoms with Crippen molar-refractivity contribution in [2.75, 3.05) is 0 Å². The van der Waals surface area contributed by atoms with Crippen LogP contribution in [0.2, 0.25) is 5.02 Å². The first-order chi connectivity index (χ1) is 6.72. The van der Waals surface area contributed by atoms with Gasteiger partial charge in [0.1, 0.15) is 0 Å². The Morgan fingerprint density at radius 1 is 1.25 bits per heavy atom. The zero-order chi connectivity index (χ0) is 10.4. The third-order valence-corrected chi connectivity index (χ3v) is 2.40. The molecule has 0 aliphatic carbocycles. The fourth-order valence-electron chi connectivity index (χ4n) is 1.36. The minimum Gasteiger partial charge on any atom is -0.327 e. The van der Waals surface area contributed by atoms with Crippen LogP contribution in [0.1, 0.15) is 18.4 Å². The van der Waals surface area contributed by atoms with E-state index in [4.69, 9.17) is 17.3 Å². The van der Waals surface area contributed by atoms with E-state index in [1.54, 1.807) is 0 Å². The molecule has 92 valence electrons. The highest BCUT2D eigenvalue weighted by atomic mass is 35.5. The highest BCUT2D eigenvalue weighted by Crippen LogP contribution is 2.11. The minimum absolute atomic E-state index is 0. The fourth-order valence-corrected chi connectivity index (χ4v) is 1.48. The van der Waals surface area contributed by atoms with Gasteiger partial charge in [0.05, 0.1) is 0 Å². The molecule has 0 saturated heterocycles. The number of benzene rings is 1. The zero-order valence-electron chi connectivity index (χ0n) is 9.06. The molecule has 1 unspecified atom stereocenters. The van der Waals surface area contributed by atoms with Crippen LogP contribution in [0.5, 0.6) is 0 Å². The lowest BCUT2D eigenvalue weighted by molar-refractivity contribution is 0.618. The molecule has 0 amide bonds. The summed E-state index contributed by atoms with van der Waals surface area (Å²) in [6.07, 6.45) is 4.79. The summed E-state index contributed by atoms with van der Waals surface area (Å²) in [6.45, 7) is 3.68. The molecule has 0 saturated carbocycles. The number of nitrogens with two attached hydrogens (primary N) is 1. The number of halogens is 3. The predicted molar refractivity (Wildman–Crippen MR) is 77.1 cm³/mol. The zero-order valence-corrected chi connectivity index (χ0v) is 11.5. The Bertz CT molecular complexity index is 285. The van der Waals surface area contributed by atoms with E-state index in [1.807, 2.05) is 30.3 Å². The van der Waals surface area contributed by atoms with E-state index in [0.29, 0.717) is 0 Å². The summed E-state index contributed by atoms with van der Waals surface area (Å²) in [7, 11) is 0. The maximum Gasteiger partial charge on any atom is 0.0406 e. The minimum atomic E-state index is 0. The van der Waals surface area contributed by atoms with Crippen molar-refractivity contribution in [2.24, 2.45) is 5.73 Å². The molecular formula is C12H18Cl3N. The van der Waals surface area contributed by atoms with Crippen LogP contribution in [0.15, 0.2) is 36.9 Å². The van der Waals surface area contributed by atoms with Crippen LogP contribution >= 0.6 is 36.4 Å². The van der Waals surface area contributed by atoms with E-state index in [1.165, 1.54) is 5.56 Å². The third-order valence-electron chi connectivity index (χ3n) is 2.15. The Kier molecular flexibility index (Phi) is 11.3. The van der Waals surface area contributed by atoms with Gasteiger partial charge < -0.3 is 5.73 Å². The molecule has 0 spiro atoms. The van der Waals surface area contributed by atoms with Gasteiger partial charge in [-0.2, -0.15) is 0 Å². The summed E-state index contributed by atoms with van der Waals surface area (Å²) < 4.78 is 0. The average Bonchev–Trinajstić information content (AvgIpc) is 2.18. The molecule has 0 radical (unpaired) electrons. The van der Waals surface area contributed by atoms with Crippen LogP contribution in [0.25, 0.3) is 0 Å². The molecule has 0 aromatic heterocycles. The number of hydrogen-bond donors (Lipinski definition) is 1. The molecule has 1 rings (SSSR count). The molecule has 1 atom stereocenters. The average molecular weight is 283 g/mol. The van der Waals surface area contributed by atoms with Crippen molar-refractivity contribution in [3.05, 3.63) is 47.5 Å². The molecule has 4 heteroatoms. The number of allylic oxidation sites excluding steroid dienone is 1. The molecule has 1 nitrogen and oxygen atoms in total. The number of rotatable bonds is 5. The molecule has 0 aliphatic heterocycles. The largest absolute Gasteiger partial charge is 0.327 e. The highest BCUT2D eigenvalue weighted by molar-refractivity contribution is 6.30. The van der Waals surface area contributed by atoms with E-state index < -0.39 is 0 Å². The van der Waals surface area contributed by atoms with Gasteiger partial charge in [-0.05, 0) is 37.0 Å². The Hall–Kier alpha value is -0.210. The Morgan fingerprint density at radius 2 is 1.81 bits per heavy atom. The molecule has 0 bridgehead atoms. The van der Waals surface area contributed by atoms with E-state index in [0.717, 1.165) is 24.3 Å². The van der Waals surface area contributed by atoms with Crippen molar-refractivity contribution in [3.63, 3.8) is 0 Å². The Balaban J connectivity index is 0. The Labute approximate surface area is 115 Å². The van der Waals surface area contributed by atoms with Gasteiger partial charge in [-0.3, -0.25) is 0 Å². The SMILES string of the molecule is C=CCCC(N)Cc1ccc(Cl)cc1.Cl.Cl. The van der Waals surface area contributed by atoms with Crippen molar-refractivity contribution in [2.45, 2.75) is 25.3 Å². The summed E-state index contributed by atoms with van der Waals surface area (Å²) in [5.41, 5.74) is 7.19. The van der Waals surface area contributed by atoms with Crippen molar-refractivity contribution in [1.29, 1.82) is 0 Å². The van der Waals surface area contributed by atoms with Crippen LogP contribution in [0.4, 0.5) is 0 Å². The summed E-state index contributed by atoms with van der Waals surface area (Å²) in [5, 5.41) is 0.772. The van der Waals surface area contributed by atoms with Crippen LogP contribution in [-0.4, -0.2) is 6.04 Å². The van der Waals surface area contributed by atoms with Gasteiger partial charge in [-0.25, -0.2) is 0 Å². The summed E-state index contributed by atoms with van der Waals surface area (Å²) >= 11 is 5.79. The van der Waals surface area contributed by atoms with Gasteiger partial charge in [0, 0.05) is 11.1 Å². The molecule has 1 aromatic rings. The maximum atomic E-state index is 5.95. The fraction of sp³-hybridized carbons (Fsp3) is 0.333. The van der Waals surface area contributed by atoms with Gasteiger partial charge in [-0.1, -0.05) is 29.8 Å². The van der Waals surface area contributed by atoms with Crippen molar-refractivity contribution < 1.29 is 0 Å². The summed E-state index contributed by atoms with van der Waals surface area (Å²) in [6, 6.07) is 8.06. The first-order valence-corrected chi connectivity index (χ1v) is 5.21. The van der Waals surface area contributed by atoms with Crippen molar-refractivity contribution in [3.8, 4) is 0 Å². The number of hydrogen-bond acceptors (Lipinski definition) is 1. The van der Waals surface area contributed by atoms with E-state index in [9.17, 15) is 0 Å². The van der Waals surface area contributed by atoms with Gasteiger partial charge >= 0.3 is 0 Å². The van der Waals surface area contributed by atoms with Gasteiger partial charge in [0.15, 0.2) is 0 Å². The van der Waals surface area contributed by atoms with Crippen molar-refractivity contribution in [1.82, 2.24) is 0 Å². The predicted octanol–water partition coefficient (Wildman–Crippen LogP) is 4.02. The first kappa shape index (κ1) is 18.2. The molecule has 0 aliphatic rings. The summed E-state index contributed by atoms with van der Waals surface area (Å²) in [4.78, 5) is 0. The third kappa shape index (κ3) is 7.13. The second-order valence-corrected chi connectivity index (χ2v) is 3.89. The highest BCUT2D eigenvalue weighted by Gasteiger charge is 2.02. The van der Waals surface area contributed by atoms with Gasteiger partial charge in [0.25, 0.3) is 0 Å².